The largest absolute Gasteiger partial charge is 0.381 e. The summed E-state index contributed by atoms with van der Waals surface area (Å²) in [5, 5.41) is 8.02. The van der Waals surface area contributed by atoms with Gasteiger partial charge in [0, 0.05) is 0 Å². The van der Waals surface area contributed by atoms with Crippen molar-refractivity contribution in [3.05, 3.63) is 35.5 Å². The molecular formula is C12H16N4. The lowest BCUT2D eigenvalue weighted by atomic mass is 10.2. The van der Waals surface area contributed by atoms with E-state index in [9.17, 15) is 0 Å². The standard InChI is InChI=1S/C12H16N4/c1-3-5-11-12(13)14-15-16(11)10-7-4-6-9(2)8-10/h4,6-8H,3,5,13H2,1-2H3. The van der Waals surface area contributed by atoms with Gasteiger partial charge in [0.25, 0.3) is 0 Å². The van der Waals surface area contributed by atoms with Gasteiger partial charge in [-0.15, -0.1) is 5.10 Å². The van der Waals surface area contributed by atoms with Gasteiger partial charge in [0.2, 0.25) is 0 Å². The van der Waals surface area contributed by atoms with E-state index in [0.29, 0.717) is 5.82 Å². The number of hydrogen-bond acceptors (Lipinski definition) is 3. The first-order valence-electron chi connectivity index (χ1n) is 5.49. The second-order valence-corrected chi connectivity index (χ2v) is 3.92. The van der Waals surface area contributed by atoms with Crippen molar-refractivity contribution in [2.75, 3.05) is 5.73 Å². The zero-order valence-corrected chi connectivity index (χ0v) is 9.64. The van der Waals surface area contributed by atoms with E-state index in [2.05, 4.69) is 36.3 Å². The average Bonchev–Trinajstić information content (AvgIpc) is 2.61. The van der Waals surface area contributed by atoms with Crippen LogP contribution >= 0.6 is 0 Å². The summed E-state index contributed by atoms with van der Waals surface area (Å²) < 4.78 is 1.83. The minimum atomic E-state index is 0.531. The van der Waals surface area contributed by atoms with Gasteiger partial charge in [-0.1, -0.05) is 30.7 Å². The topological polar surface area (TPSA) is 56.7 Å². The van der Waals surface area contributed by atoms with Crippen LogP contribution in [-0.4, -0.2) is 15.0 Å². The number of aryl methyl sites for hydroxylation is 1. The highest BCUT2D eigenvalue weighted by Gasteiger charge is 2.10. The lowest BCUT2D eigenvalue weighted by Crippen LogP contribution is -2.03. The van der Waals surface area contributed by atoms with Crippen molar-refractivity contribution < 1.29 is 0 Å². The molecular weight excluding hydrogens is 200 g/mol. The first-order valence-corrected chi connectivity index (χ1v) is 5.49. The number of hydrogen-bond donors (Lipinski definition) is 1. The summed E-state index contributed by atoms with van der Waals surface area (Å²) >= 11 is 0. The maximum Gasteiger partial charge on any atom is 0.169 e. The molecule has 4 heteroatoms. The van der Waals surface area contributed by atoms with E-state index in [4.69, 9.17) is 5.73 Å². The molecule has 16 heavy (non-hydrogen) atoms. The third-order valence-electron chi connectivity index (χ3n) is 2.53. The van der Waals surface area contributed by atoms with Crippen LogP contribution in [0.5, 0.6) is 0 Å². The Hall–Kier alpha value is -1.84. The molecule has 0 fully saturated rings. The molecule has 1 aromatic carbocycles. The third kappa shape index (κ3) is 1.91. The molecule has 0 aliphatic carbocycles. The van der Waals surface area contributed by atoms with Crippen LogP contribution in [0, 0.1) is 6.92 Å². The Morgan fingerprint density at radius 2 is 2.19 bits per heavy atom. The Morgan fingerprint density at radius 3 is 2.88 bits per heavy atom. The molecule has 2 aromatic rings. The minimum absolute atomic E-state index is 0.531. The van der Waals surface area contributed by atoms with Crippen LogP contribution in [0.3, 0.4) is 0 Å². The maximum atomic E-state index is 5.81. The minimum Gasteiger partial charge on any atom is -0.381 e. The molecule has 0 atom stereocenters. The van der Waals surface area contributed by atoms with Crippen molar-refractivity contribution in [2.24, 2.45) is 0 Å². The number of nitrogens with two attached hydrogens (primary N) is 1. The number of anilines is 1. The van der Waals surface area contributed by atoms with Gasteiger partial charge in [-0.25, -0.2) is 4.68 Å². The highest BCUT2D eigenvalue weighted by atomic mass is 15.4. The first-order chi connectivity index (χ1) is 7.72. The van der Waals surface area contributed by atoms with E-state index < -0.39 is 0 Å². The van der Waals surface area contributed by atoms with Crippen molar-refractivity contribution in [2.45, 2.75) is 26.7 Å². The second-order valence-electron chi connectivity index (χ2n) is 3.92. The number of aromatic nitrogens is 3. The van der Waals surface area contributed by atoms with Crippen LogP contribution in [0.25, 0.3) is 5.69 Å². The Balaban J connectivity index is 2.47. The summed E-state index contributed by atoms with van der Waals surface area (Å²) in [7, 11) is 0. The van der Waals surface area contributed by atoms with E-state index in [1.54, 1.807) is 0 Å². The Bertz CT molecular complexity index is 488. The van der Waals surface area contributed by atoms with Crippen LogP contribution in [-0.2, 0) is 6.42 Å². The summed E-state index contributed by atoms with van der Waals surface area (Å²) in [6.45, 7) is 4.18. The molecule has 1 heterocycles. The number of nitrogen functional groups attached to an aromatic ring is 1. The van der Waals surface area contributed by atoms with E-state index in [0.717, 1.165) is 24.2 Å². The Kier molecular flexibility index (Phi) is 2.90. The lowest BCUT2D eigenvalue weighted by Gasteiger charge is -2.06. The summed E-state index contributed by atoms with van der Waals surface area (Å²) in [6, 6.07) is 8.16. The number of benzene rings is 1. The molecule has 2 rings (SSSR count). The van der Waals surface area contributed by atoms with Gasteiger partial charge in [0.15, 0.2) is 5.82 Å². The molecule has 0 saturated carbocycles. The molecule has 84 valence electrons. The highest BCUT2D eigenvalue weighted by molar-refractivity contribution is 5.42. The maximum absolute atomic E-state index is 5.81. The molecule has 0 spiro atoms. The Labute approximate surface area is 95.1 Å². The normalized spacial score (nSPS) is 10.6. The predicted octanol–water partition coefficient (Wildman–Crippen LogP) is 2.11. The van der Waals surface area contributed by atoms with Gasteiger partial charge in [0.05, 0.1) is 11.4 Å². The fourth-order valence-corrected chi connectivity index (χ4v) is 1.75. The summed E-state index contributed by atoms with van der Waals surface area (Å²) in [5.41, 5.74) is 9.03. The second kappa shape index (κ2) is 4.35. The van der Waals surface area contributed by atoms with Crippen molar-refractivity contribution in [1.29, 1.82) is 0 Å². The van der Waals surface area contributed by atoms with E-state index in [1.807, 2.05) is 16.8 Å². The van der Waals surface area contributed by atoms with Crippen LogP contribution in [0.15, 0.2) is 24.3 Å². The smallest absolute Gasteiger partial charge is 0.169 e. The molecule has 0 radical (unpaired) electrons. The monoisotopic (exact) mass is 216 g/mol. The molecule has 0 bridgehead atoms. The predicted molar refractivity (Wildman–Crippen MR) is 64.5 cm³/mol. The molecule has 0 saturated heterocycles. The molecule has 1 aromatic heterocycles. The number of rotatable bonds is 3. The van der Waals surface area contributed by atoms with Gasteiger partial charge in [-0.05, 0) is 31.0 Å². The van der Waals surface area contributed by atoms with E-state index in [-0.39, 0.29) is 0 Å². The summed E-state index contributed by atoms with van der Waals surface area (Å²) in [4.78, 5) is 0. The average molecular weight is 216 g/mol. The summed E-state index contributed by atoms with van der Waals surface area (Å²) in [6.07, 6.45) is 1.93. The molecule has 0 amide bonds. The molecule has 4 nitrogen and oxygen atoms in total. The Morgan fingerprint density at radius 1 is 1.38 bits per heavy atom. The van der Waals surface area contributed by atoms with Crippen molar-refractivity contribution in [1.82, 2.24) is 15.0 Å². The zero-order chi connectivity index (χ0) is 11.5. The van der Waals surface area contributed by atoms with Gasteiger partial charge in [-0.3, -0.25) is 0 Å². The van der Waals surface area contributed by atoms with Crippen LogP contribution < -0.4 is 5.73 Å². The molecule has 0 aliphatic rings. The molecule has 0 aliphatic heterocycles. The van der Waals surface area contributed by atoms with Gasteiger partial charge >= 0.3 is 0 Å². The SMILES string of the molecule is CCCc1c(N)nnn1-c1cccc(C)c1. The first kappa shape index (κ1) is 10.7. The quantitative estimate of drug-likeness (QED) is 0.854. The molecule has 2 N–H and O–H groups in total. The zero-order valence-electron chi connectivity index (χ0n) is 9.64. The van der Waals surface area contributed by atoms with Crippen molar-refractivity contribution >= 4 is 5.82 Å². The van der Waals surface area contributed by atoms with Crippen LogP contribution in [0.1, 0.15) is 24.6 Å². The number of nitrogens with zero attached hydrogens (tertiary/aromatic N) is 3. The third-order valence-corrected chi connectivity index (χ3v) is 2.53. The lowest BCUT2D eigenvalue weighted by molar-refractivity contribution is 0.745. The van der Waals surface area contributed by atoms with Crippen molar-refractivity contribution in [3.8, 4) is 5.69 Å². The van der Waals surface area contributed by atoms with Crippen LogP contribution in [0.2, 0.25) is 0 Å². The van der Waals surface area contributed by atoms with E-state index in [1.165, 1.54) is 5.56 Å². The van der Waals surface area contributed by atoms with Gasteiger partial charge in [0.1, 0.15) is 0 Å². The summed E-state index contributed by atoms with van der Waals surface area (Å²) in [5.74, 6) is 0.531. The van der Waals surface area contributed by atoms with Crippen molar-refractivity contribution in [3.63, 3.8) is 0 Å². The highest BCUT2D eigenvalue weighted by Crippen LogP contribution is 2.16. The molecule has 0 unspecified atom stereocenters. The van der Waals surface area contributed by atoms with E-state index >= 15 is 0 Å². The fraction of sp³-hybridized carbons (Fsp3) is 0.333. The fourth-order valence-electron chi connectivity index (χ4n) is 1.75. The van der Waals surface area contributed by atoms with Gasteiger partial charge < -0.3 is 5.73 Å². The van der Waals surface area contributed by atoms with Crippen LogP contribution in [0.4, 0.5) is 5.82 Å². The van der Waals surface area contributed by atoms with Gasteiger partial charge in [-0.2, -0.15) is 0 Å².